The van der Waals surface area contributed by atoms with Crippen molar-refractivity contribution < 1.29 is 14.3 Å². The molecule has 0 radical (unpaired) electrons. The van der Waals surface area contributed by atoms with Crippen molar-refractivity contribution in [3.05, 3.63) is 54.1 Å². The molecular weight excluding hydrogens is 326 g/mol. The molecule has 0 aliphatic carbocycles. The van der Waals surface area contributed by atoms with Crippen molar-refractivity contribution in [2.75, 3.05) is 19.0 Å². The Morgan fingerprint density at radius 3 is 2.50 bits per heavy atom. The first-order valence-electron chi connectivity index (χ1n) is 7.26. The summed E-state index contributed by atoms with van der Waals surface area (Å²) in [6.07, 6.45) is 0. The molecule has 0 aromatic heterocycles. The number of carbonyl (C=O) groups is 1. The van der Waals surface area contributed by atoms with E-state index in [1.807, 2.05) is 31.2 Å². The van der Waals surface area contributed by atoms with Gasteiger partial charge in [0.05, 0.1) is 7.11 Å². The van der Waals surface area contributed by atoms with Gasteiger partial charge in [-0.3, -0.25) is 15.6 Å². The van der Waals surface area contributed by atoms with Crippen molar-refractivity contribution in [3.63, 3.8) is 0 Å². The van der Waals surface area contributed by atoms with E-state index in [4.69, 9.17) is 21.7 Å². The van der Waals surface area contributed by atoms with Crippen LogP contribution in [0.3, 0.4) is 0 Å². The molecule has 0 fully saturated rings. The fourth-order valence-electron chi connectivity index (χ4n) is 1.80. The van der Waals surface area contributed by atoms with Gasteiger partial charge in [0.25, 0.3) is 5.91 Å². The fourth-order valence-corrected chi connectivity index (χ4v) is 1.97. The highest BCUT2D eigenvalue weighted by atomic mass is 32.1. The van der Waals surface area contributed by atoms with E-state index in [0.717, 1.165) is 11.3 Å². The normalized spacial score (nSPS) is 9.75. The molecule has 0 saturated heterocycles. The van der Waals surface area contributed by atoms with Crippen LogP contribution in [0.4, 0.5) is 5.69 Å². The van der Waals surface area contributed by atoms with Crippen molar-refractivity contribution in [1.29, 1.82) is 0 Å². The number of methoxy groups -OCH3 is 1. The smallest absolute Gasteiger partial charge is 0.276 e. The van der Waals surface area contributed by atoms with Crippen molar-refractivity contribution in [3.8, 4) is 11.5 Å². The molecule has 2 aromatic carbocycles. The van der Waals surface area contributed by atoms with Crippen LogP contribution in [0.5, 0.6) is 11.5 Å². The summed E-state index contributed by atoms with van der Waals surface area (Å²) in [5.41, 5.74) is 7.07. The topological polar surface area (TPSA) is 71.6 Å². The third-order valence-electron chi connectivity index (χ3n) is 3.04. The quantitative estimate of drug-likeness (QED) is 0.571. The average Bonchev–Trinajstić information content (AvgIpc) is 2.60. The number of hydrogen-bond donors (Lipinski definition) is 3. The van der Waals surface area contributed by atoms with Crippen LogP contribution in [0.2, 0.25) is 0 Å². The second-order valence-electron chi connectivity index (χ2n) is 4.96. The van der Waals surface area contributed by atoms with E-state index >= 15 is 0 Å². The van der Waals surface area contributed by atoms with Crippen LogP contribution in [-0.2, 0) is 4.79 Å². The number of carbonyl (C=O) groups excluding carboxylic acids is 1. The van der Waals surface area contributed by atoms with Gasteiger partial charge in [0.15, 0.2) is 11.7 Å². The van der Waals surface area contributed by atoms with Crippen molar-refractivity contribution in [2.45, 2.75) is 6.92 Å². The molecule has 3 N–H and O–H groups in total. The van der Waals surface area contributed by atoms with E-state index < -0.39 is 0 Å². The van der Waals surface area contributed by atoms with E-state index in [0.29, 0.717) is 11.5 Å². The zero-order chi connectivity index (χ0) is 17.4. The summed E-state index contributed by atoms with van der Waals surface area (Å²) in [5, 5.41) is 3.25. The number of thiocarbonyl (C=S) groups is 1. The van der Waals surface area contributed by atoms with E-state index in [-0.39, 0.29) is 17.6 Å². The van der Waals surface area contributed by atoms with Crippen LogP contribution in [0.25, 0.3) is 0 Å². The third-order valence-corrected chi connectivity index (χ3v) is 3.24. The Balaban J connectivity index is 1.72. The minimum absolute atomic E-state index is 0.146. The molecule has 6 nitrogen and oxygen atoms in total. The molecule has 2 rings (SSSR count). The Bertz CT molecular complexity index is 704. The molecule has 0 spiro atoms. The standard InChI is InChI=1S/C17H19N3O3S/c1-12-6-8-13(9-7-12)18-17(24)20-19-16(21)11-23-15-5-3-4-14(10-15)22-2/h3-10H,11H2,1-2H3,(H,19,21)(H2,18,20,24). The summed E-state index contributed by atoms with van der Waals surface area (Å²) in [6.45, 7) is 1.86. The van der Waals surface area contributed by atoms with Gasteiger partial charge in [0.1, 0.15) is 11.5 Å². The van der Waals surface area contributed by atoms with Gasteiger partial charge in [0.2, 0.25) is 0 Å². The molecule has 7 heteroatoms. The minimum Gasteiger partial charge on any atom is -0.497 e. The molecule has 1 amide bonds. The Kier molecular flexibility index (Phi) is 6.39. The summed E-state index contributed by atoms with van der Waals surface area (Å²) < 4.78 is 10.5. The molecule has 0 heterocycles. The first-order valence-corrected chi connectivity index (χ1v) is 7.67. The molecule has 2 aromatic rings. The number of nitrogens with one attached hydrogen (secondary N) is 3. The lowest BCUT2D eigenvalue weighted by Crippen LogP contribution is -2.45. The number of aryl methyl sites for hydroxylation is 1. The predicted octanol–water partition coefficient (Wildman–Crippen LogP) is 2.40. The van der Waals surface area contributed by atoms with E-state index in [1.165, 1.54) is 0 Å². The summed E-state index contributed by atoms with van der Waals surface area (Å²) in [4.78, 5) is 11.8. The lowest BCUT2D eigenvalue weighted by Gasteiger charge is -2.12. The number of benzene rings is 2. The second-order valence-corrected chi connectivity index (χ2v) is 5.37. The van der Waals surface area contributed by atoms with Gasteiger partial charge in [-0.1, -0.05) is 23.8 Å². The maximum atomic E-state index is 11.8. The SMILES string of the molecule is COc1cccc(OCC(=O)NNC(=S)Nc2ccc(C)cc2)c1. The van der Waals surface area contributed by atoms with Crippen molar-refractivity contribution >= 4 is 28.9 Å². The molecule has 0 unspecified atom stereocenters. The van der Waals surface area contributed by atoms with Crippen LogP contribution < -0.4 is 25.6 Å². The molecule has 0 atom stereocenters. The van der Waals surface area contributed by atoms with Crippen molar-refractivity contribution in [1.82, 2.24) is 10.9 Å². The maximum absolute atomic E-state index is 11.8. The monoisotopic (exact) mass is 345 g/mol. The molecular formula is C17H19N3O3S. The van der Waals surface area contributed by atoms with Gasteiger partial charge in [-0.25, -0.2) is 0 Å². The number of hydrazine groups is 1. The Morgan fingerprint density at radius 2 is 1.79 bits per heavy atom. The van der Waals surface area contributed by atoms with Crippen LogP contribution in [0.15, 0.2) is 48.5 Å². The summed E-state index contributed by atoms with van der Waals surface area (Å²) in [6, 6.07) is 14.7. The van der Waals surface area contributed by atoms with Gasteiger partial charge in [-0.05, 0) is 43.4 Å². The summed E-state index contributed by atoms with van der Waals surface area (Å²) >= 11 is 5.10. The van der Waals surface area contributed by atoms with E-state index in [1.54, 1.807) is 31.4 Å². The Hall–Kier alpha value is -2.80. The summed E-state index contributed by atoms with van der Waals surface area (Å²) in [7, 11) is 1.57. The average molecular weight is 345 g/mol. The lowest BCUT2D eigenvalue weighted by molar-refractivity contribution is -0.123. The first kappa shape index (κ1) is 17.6. The van der Waals surface area contributed by atoms with Crippen LogP contribution >= 0.6 is 12.2 Å². The maximum Gasteiger partial charge on any atom is 0.276 e. The predicted molar refractivity (Wildman–Crippen MR) is 97.2 cm³/mol. The molecule has 0 aliphatic rings. The van der Waals surface area contributed by atoms with Crippen LogP contribution in [-0.4, -0.2) is 24.7 Å². The third kappa shape index (κ3) is 5.77. The number of hydrogen-bond acceptors (Lipinski definition) is 4. The van der Waals surface area contributed by atoms with Crippen LogP contribution in [0.1, 0.15) is 5.56 Å². The first-order chi connectivity index (χ1) is 11.6. The van der Waals surface area contributed by atoms with Gasteiger partial charge in [0, 0.05) is 11.8 Å². The van der Waals surface area contributed by atoms with Gasteiger partial charge in [-0.15, -0.1) is 0 Å². The van der Waals surface area contributed by atoms with Gasteiger partial charge >= 0.3 is 0 Å². The molecule has 0 bridgehead atoms. The minimum atomic E-state index is -0.356. The molecule has 24 heavy (non-hydrogen) atoms. The zero-order valence-corrected chi connectivity index (χ0v) is 14.3. The zero-order valence-electron chi connectivity index (χ0n) is 13.5. The number of ether oxygens (including phenoxy) is 2. The number of anilines is 1. The molecule has 0 aliphatic heterocycles. The van der Waals surface area contributed by atoms with Crippen LogP contribution in [0, 0.1) is 6.92 Å². The number of amides is 1. The Labute approximate surface area is 146 Å². The van der Waals surface area contributed by atoms with Crippen molar-refractivity contribution in [2.24, 2.45) is 0 Å². The Morgan fingerprint density at radius 1 is 1.08 bits per heavy atom. The lowest BCUT2D eigenvalue weighted by atomic mass is 10.2. The van der Waals surface area contributed by atoms with E-state index in [2.05, 4.69) is 16.2 Å². The highest BCUT2D eigenvalue weighted by Gasteiger charge is 2.04. The van der Waals surface area contributed by atoms with Gasteiger partial charge < -0.3 is 14.8 Å². The summed E-state index contributed by atoms with van der Waals surface area (Å²) in [5.74, 6) is 0.852. The van der Waals surface area contributed by atoms with Gasteiger partial charge in [-0.2, -0.15) is 0 Å². The van der Waals surface area contributed by atoms with E-state index in [9.17, 15) is 4.79 Å². The highest BCUT2D eigenvalue weighted by Crippen LogP contribution is 2.18. The largest absolute Gasteiger partial charge is 0.497 e. The molecule has 126 valence electrons. The highest BCUT2D eigenvalue weighted by molar-refractivity contribution is 7.80. The fraction of sp³-hybridized carbons (Fsp3) is 0.176. The molecule has 0 saturated carbocycles. The number of rotatable bonds is 5. The second kappa shape index (κ2) is 8.73.